The highest BCUT2D eigenvalue weighted by atomic mass is 16.5. The SMILES string of the molecule is COc1ccc(-c2noc(-c3cn(Cc4ccc(NC(=O)Nc5ccc(C)cc5)cc4)cn3)n2)cc1. The van der Waals surface area contributed by atoms with Crippen LogP contribution in [-0.2, 0) is 6.54 Å². The van der Waals surface area contributed by atoms with Gasteiger partial charge in [-0.05, 0) is 61.0 Å². The predicted octanol–water partition coefficient (Wildman–Crippen LogP) is 5.61. The highest BCUT2D eigenvalue weighted by molar-refractivity contribution is 5.99. The van der Waals surface area contributed by atoms with E-state index in [-0.39, 0.29) is 6.03 Å². The van der Waals surface area contributed by atoms with Gasteiger partial charge in [0.2, 0.25) is 5.82 Å². The van der Waals surface area contributed by atoms with E-state index in [4.69, 9.17) is 9.26 Å². The molecule has 0 radical (unpaired) electrons. The summed E-state index contributed by atoms with van der Waals surface area (Å²) in [5.74, 6) is 1.59. The van der Waals surface area contributed by atoms with Gasteiger partial charge in [0.05, 0.1) is 13.4 Å². The summed E-state index contributed by atoms with van der Waals surface area (Å²) >= 11 is 0. The first-order valence-electron chi connectivity index (χ1n) is 11.3. The number of benzene rings is 3. The average molecular weight is 481 g/mol. The fourth-order valence-corrected chi connectivity index (χ4v) is 3.58. The minimum atomic E-state index is -0.292. The molecule has 2 heterocycles. The molecule has 0 unspecified atom stereocenters. The van der Waals surface area contributed by atoms with E-state index in [9.17, 15) is 4.79 Å². The van der Waals surface area contributed by atoms with Crippen molar-refractivity contribution in [2.75, 3.05) is 17.7 Å². The number of hydrogen-bond donors (Lipinski definition) is 2. The molecule has 36 heavy (non-hydrogen) atoms. The molecule has 180 valence electrons. The summed E-state index contributed by atoms with van der Waals surface area (Å²) in [5.41, 5.74) is 5.04. The van der Waals surface area contributed by atoms with Gasteiger partial charge in [0.1, 0.15) is 11.4 Å². The first-order chi connectivity index (χ1) is 17.6. The molecule has 5 rings (SSSR count). The molecule has 0 atom stereocenters. The van der Waals surface area contributed by atoms with Crippen molar-refractivity contribution in [3.63, 3.8) is 0 Å². The van der Waals surface area contributed by atoms with Gasteiger partial charge < -0.3 is 24.5 Å². The summed E-state index contributed by atoms with van der Waals surface area (Å²) < 4.78 is 12.5. The smallest absolute Gasteiger partial charge is 0.323 e. The molecule has 0 saturated carbocycles. The number of carbonyl (C=O) groups is 1. The predicted molar refractivity (Wildman–Crippen MR) is 137 cm³/mol. The molecule has 2 amide bonds. The number of urea groups is 1. The van der Waals surface area contributed by atoms with Gasteiger partial charge in [0, 0.05) is 29.7 Å². The van der Waals surface area contributed by atoms with Crippen molar-refractivity contribution in [1.29, 1.82) is 0 Å². The largest absolute Gasteiger partial charge is 0.497 e. The highest BCUT2D eigenvalue weighted by Gasteiger charge is 2.13. The first kappa shape index (κ1) is 22.9. The molecule has 0 aliphatic rings. The van der Waals surface area contributed by atoms with Crippen LogP contribution in [0.5, 0.6) is 5.75 Å². The molecule has 2 aromatic heterocycles. The third kappa shape index (κ3) is 5.41. The Kier molecular flexibility index (Phi) is 6.44. The molecular weight excluding hydrogens is 456 g/mol. The molecule has 9 nitrogen and oxygen atoms in total. The number of aromatic nitrogens is 4. The van der Waals surface area contributed by atoms with Crippen LogP contribution >= 0.6 is 0 Å². The van der Waals surface area contributed by atoms with Gasteiger partial charge in [0.25, 0.3) is 5.89 Å². The number of nitrogens with zero attached hydrogens (tertiary/aromatic N) is 4. The Morgan fingerprint density at radius 3 is 2.28 bits per heavy atom. The molecule has 5 aromatic rings. The fraction of sp³-hybridized carbons (Fsp3) is 0.111. The Morgan fingerprint density at radius 2 is 1.61 bits per heavy atom. The van der Waals surface area contributed by atoms with Crippen LogP contribution in [0.25, 0.3) is 23.0 Å². The maximum absolute atomic E-state index is 12.2. The van der Waals surface area contributed by atoms with Crippen LogP contribution in [0.1, 0.15) is 11.1 Å². The number of methoxy groups -OCH3 is 1. The second-order valence-corrected chi connectivity index (χ2v) is 8.22. The molecular formula is C27H24N6O3. The molecule has 3 aromatic carbocycles. The lowest BCUT2D eigenvalue weighted by molar-refractivity contribution is 0.262. The number of aryl methyl sites for hydroxylation is 1. The molecule has 0 aliphatic carbocycles. The molecule has 0 fully saturated rings. The lowest BCUT2D eigenvalue weighted by Gasteiger charge is -2.09. The minimum absolute atomic E-state index is 0.292. The topological polar surface area (TPSA) is 107 Å². The second-order valence-electron chi connectivity index (χ2n) is 8.22. The zero-order valence-corrected chi connectivity index (χ0v) is 19.8. The monoisotopic (exact) mass is 480 g/mol. The zero-order chi connectivity index (χ0) is 24.9. The summed E-state index contributed by atoms with van der Waals surface area (Å²) in [7, 11) is 1.62. The standard InChI is InChI=1S/C27H24N6O3/c1-18-3-9-21(10-4-18)29-27(34)30-22-11-5-19(6-12-22)15-33-16-24(28-17-33)26-31-25(32-36-26)20-7-13-23(35-2)14-8-20/h3-14,16-17H,15H2,1-2H3,(H2,29,30,34). The van der Waals surface area contributed by atoms with Gasteiger partial charge in [-0.3, -0.25) is 0 Å². The minimum Gasteiger partial charge on any atom is -0.497 e. The number of nitrogens with one attached hydrogen (secondary N) is 2. The number of amides is 2. The Balaban J connectivity index is 1.19. The first-order valence-corrected chi connectivity index (χ1v) is 11.3. The van der Waals surface area contributed by atoms with Gasteiger partial charge in [-0.2, -0.15) is 4.98 Å². The van der Waals surface area contributed by atoms with Crippen molar-refractivity contribution in [3.8, 4) is 28.7 Å². The normalized spacial score (nSPS) is 10.7. The van der Waals surface area contributed by atoms with E-state index in [1.54, 1.807) is 13.4 Å². The summed E-state index contributed by atoms with van der Waals surface area (Å²) in [6, 6.07) is 22.4. The lowest BCUT2D eigenvalue weighted by Crippen LogP contribution is -2.19. The van der Waals surface area contributed by atoms with Crippen LogP contribution in [-0.4, -0.2) is 32.8 Å². The zero-order valence-electron chi connectivity index (χ0n) is 19.8. The van der Waals surface area contributed by atoms with E-state index in [2.05, 4.69) is 25.8 Å². The Hall–Kier alpha value is -4.92. The third-order valence-electron chi connectivity index (χ3n) is 5.51. The van der Waals surface area contributed by atoms with E-state index >= 15 is 0 Å². The van der Waals surface area contributed by atoms with Crippen molar-refractivity contribution in [3.05, 3.63) is 96.4 Å². The van der Waals surface area contributed by atoms with Crippen LogP contribution in [0.4, 0.5) is 16.2 Å². The summed E-state index contributed by atoms with van der Waals surface area (Å²) in [5, 5.41) is 9.72. The summed E-state index contributed by atoms with van der Waals surface area (Å²) in [6.07, 6.45) is 3.57. The molecule has 0 spiro atoms. The Labute approximate surface area is 207 Å². The van der Waals surface area contributed by atoms with Gasteiger partial charge >= 0.3 is 6.03 Å². The number of ether oxygens (including phenoxy) is 1. The average Bonchev–Trinajstić information content (AvgIpc) is 3.57. The second kappa shape index (κ2) is 10.1. The molecule has 2 N–H and O–H groups in total. The number of carbonyl (C=O) groups excluding carboxylic acids is 1. The Morgan fingerprint density at radius 1 is 0.944 bits per heavy atom. The maximum Gasteiger partial charge on any atom is 0.323 e. The van der Waals surface area contributed by atoms with E-state index in [0.717, 1.165) is 28.1 Å². The van der Waals surface area contributed by atoms with Gasteiger partial charge in [0.15, 0.2) is 0 Å². The maximum atomic E-state index is 12.2. The Bertz CT molecular complexity index is 1450. The molecule has 9 heteroatoms. The number of rotatable bonds is 7. The van der Waals surface area contributed by atoms with Gasteiger partial charge in [-0.15, -0.1) is 0 Å². The number of hydrogen-bond acceptors (Lipinski definition) is 6. The van der Waals surface area contributed by atoms with Crippen molar-refractivity contribution in [2.24, 2.45) is 0 Å². The molecule has 0 bridgehead atoms. The molecule has 0 aliphatic heterocycles. The number of imidazole rings is 1. The van der Waals surface area contributed by atoms with Crippen molar-refractivity contribution in [1.82, 2.24) is 19.7 Å². The lowest BCUT2D eigenvalue weighted by atomic mass is 10.2. The van der Waals surface area contributed by atoms with Crippen LogP contribution in [0, 0.1) is 6.92 Å². The van der Waals surface area contributed by atoms with E-state index in [1.807, 2.05) is 90.5 Å². The van der Waals surface area contributed by atoms with Crippen molar-refractivity contribution < 1.29 is 14.1 Å². The third-order valence-corrected chi connectivity index (χ3v) is 5.51. The van der Waals surface area contributed by atoms with Crippen LogP contribution in [0.3, 0.4) is 0 Å². The van der Waals surface area contributed by atoms with E-state index in [0.29, 0.717) is 29.6 Å². The molecule has 0 saturated heterocycles. The fourth-order valence-electron chi connectivity index (χ4n) is 3.58. The number of anilines is 2. The van der Waals surface area contributed by atoms with Gasteiger partial charge in [-0.25, -0.2) is 9.78 Å². The van der Waals surface area contributed by atoms with Gasteiger partial charge in [-0.1, -0.05) is 35.0 Å². The van der Waals surface area contributed by atoms with Crippen LogP contribution in [0.15, 0.2) is 89.8 Å². The highest BCUT2D eigenvalue weighted by Crippen LogP contribution is 2.23. The summed E-state index contributed by atoms with van der Waals surface area (Å²) in [4.78, 5) is 21.1. The van der Waals surface area contributed by atoms with Crippen molar-refractivity contribution >= 4 is 17.4 Å². The van der Waals surface area contributed by atoms with E-state index < -0.39 is 0 Å². The van der Waals surface area contributed by atoms with Crippen LogP contribution < -0.4 is 15.4 Å². The van der Waals surface area contributed by atoms with E-state index in [1.165, 1.54) is 0 Å². The van der Waals surface area contributed by atoms with Crippen LogP contribution in [0.2, 0.25) is 0 Å². The quantitative estimate of drug-likeness (QED) is 0.314. The van der Waals surface area contributed by atoms with Crippen molar-refractivity contribution in [2.45, 2.75) is 13.5 Å². The summed E-state index contributed by atoms with van der Waals surface area (Å²) in [6.45, 7) is 2.60.